The van der Waals surface area contributed by atoms with Crippen LogP contribution in [0.15, 0.2) is 53.5 Å². The van der Waals surface area contributed by atoms with Crippen molar-refractivity contribution in [1.82, 2.24) is 0 Å². The monoisotopic (exact) mass is 287 g/mol. The average molecular weight is 288 g/mol. The van der Waals surface area contributed by atoms with E-state index in [0.29, 0.717) is 0 Å². The molecule has 0 radical (unpaired) electrons. The van der Waals surface area contributed by atoms with Crippen LogP contribution >= 0.6 is 11.6 Å². The van der Waals surface area contributed by atoms with Crippen molar-refractivity contribution in [3.63, 3.8) is 0 Å². The van der Waals surface area contributed by atoms with Crippen LogP contribution in [-0.2, 0) is 0 Å². The summed E-state index contributed by atoms with van der Waals surface area (Å²) in [6.07, 6.45) is 4.06. The summed E-state index contributed by atoms with van der Waals surface area (Å²) >= 11 is 5.83. The summed E-state index contributed by atoms with van der Waals surface area (Å²) in [5.74, 6) is 0.905. The molecule has 0 unspecified atom stereocenters. The summed E-state index contributed by atoms with van der Waals surface area (Å²) in [6.45, 7) is 2.92. The van der Waals surface area contributed by atoms with Crippen LogP contribution in [0.25, 0.3) is 0 Å². The van der Waals surface area contributed by atoms with Gasteiger partial charge in [0.15, 0.2) is 0 Å². The Morgan fingerprint density at radius 2 is 1.75 bits per heavy atom. The highest BCUT2D eigenvalue weighted by Crippen LogP contribution is 2.17. The fourth-order valence-electron chi connectivity index (χ4n) is 1.66. The van der Waals surface area contributed by atoms with Crippen molar-refractivity contribution in [3.8, 4) is 5.75 Å². The van der Waals surface area contributed by atoms with E-state index < -0.39 is 0 Å². The molecule has 0 saturated carbocycles. The minimum atomic E-state index is 0.720. The van der Waals surface area contributed by atoms with E-state index in [-0.39, 0.29) is 0 Å². The number of hydrogen-bond acceptors (Lipinski definition) is 2. The highest BCUT2D eigenvalue weighted by atomic mass is 35.5. The maximum Gasteiger partial charge on any atom is 0.119 e. The molecule has 2 aromatic carbocycles. The lowest BCUT2D eigenvalue weighted by Gasteiger charge is -2.04. The zero-order valence-corrected chi connectivity index (χ0v) is 12.3. The van der Waals surface area contributed by atoms with Crippen LogP contribution in [0.4, 0.5) is 5.69 Å². The number of nitrogens with zero attached hydrogens (tertiary/aromatic N) is 1. The molecule has 20 heavy (non-hydrogen) atoms. The molecule has 0 N–H and O–H groups in total. The van der Waals surface area contributed by atoms with Crippen molar-refractivity contribution in [1.29, 1.82) is 0 Å². The molecule has 0 aromatic heterocycles. The molecule has 2 aromatic rings. The maximum atomic E-state index is 5.83. The summed E-state index contributed by atoms with van der Waals surface area (Å²) in [5, 5.41) is 0.720. The number of benzene rings is 2. The molecule has 0 fully saturated rings. The number of aliphatic imine (C=N–C) groups is 1. The van der Waals surface area contributed by atoms with Crippen molar-refractivity contribution < 1.29 is 4.74 Å². The van der Waals surface area contributed by atoms with Gasteiger partial charge < -0.3 is 4.74 Å². The average Bonchev–Trinajstić information content (AvgIpc) is 2.48. The van der Waals surface area contributed by atoms with Gasteiger partial charge in [0.2, 0.25) is 0 Å². The molecule has 0 aliphatic heterocycles. The van der Waals surface area contributed by atoms with Gasteiger partial charge in [-0.25, -0.2) is 0 Å². The first-order valence-electron chi connectivity index (χ1n) is 6.80. The van der Waals surface area contributed by atoms with Crippen LogP contribution < -0.4 is 4.74 Å². The van der Waals surface area contributed by atoms with Gasteiger partial charge in [0.1, 0.15) is 5.75 Å². The smallest absolute Gasteiger partial charge is 0.119 e. The Hall–Kier alpha value is -1.80. The van der Waals surface area contributed by atoms with Crippen molar-refractivity contribution in [3.05, 3.63) is 59.1 Å². The molecule has 0 aliphatic rings. The van der Waals surface area contributed by atoms with Gasteiger partial charge in [-0.15, -0.1) is 0 Å². The summed E-state index contributed by atoms with van der Waals surface area (Å²) < 4.78 is 5.62. The molecule has 0 amide bonds. The van der Waals surface area contributed by atoms with Crippen molar-refractivity contribution in [2.24, 2.45) is 4.99 Å². The summed E-state index contributed by atoms with van der Waals surface area (Å²) in [7, 11) is 0. The second-order valence-corrected chi connectivity index (χ2v) is 4.94. The minimum Gasteiger partial charge on any atom is -0.494 e. The second kappa shape index (κ2) is 7.71. The van der Waals surface area contributed by atoms with Gasteiger partial charge in [-0.1, -0.05) is 24.9 Å². The molecular formula is C17H18ClNO. The van der Waals surface area contributed by atoms with Gasteiger partial charge in [0, 0.05) is 11.2 Å². The van der Waals surface area contributed by atoms with Crippen molar-refractivity contribution >= 4 is 23.5 Å². The third kappa shape index (κ3) is 4.71. The maximum absolute atomic E-state index is 5.83. The van der Waals surface area contributed by atoms with Crippen LogP contribution in [0.1, 0.15) is 25.3 Å². The lowest BCUT2D eigenvalue weighted by atomic mass is 10.2. The first-order valence-corrected chi connectivity index (χ1v) is 7.18. The Morgan fingerprint density at radius 3 is 2.40 bits per heavy atom. The third-order valence-corrected chi connectivity index (χ3v) is 3.09. The molecule has 0 saturated heterocycles. The van der Waals surface area contributed by atoms with Gasteiger partial charge in [-0.05, 0) is 60.5 Å². The molecule has 3 heteroatoms. The Morgan fingerprint density at radius 1 is 1.05 bits per heavy atom. The van der Waals surface area contributed by atoms with E-state index in [1.54, 1.807) is 0 Å². The molecule has 2 rings (SSSR count). The molecule has 0 aliphatic carbocycles. The Kier molecular flexibility index (Phi) is 5.63. The van der Waals surface area contributed by atoms with E-state index in [4.69, 9.17) is 16.3 Å². The van der Waals surface area contributed by atoms with E-state index in [9.17, 15) is 0 Å². The summed E-state index contributed by atoms with van der Waals surface area (Å²) in [6, 6.07) is 15.4. The van der Waals surface area contributed by atoms with Crippen LogP contribution in [0, 0.1) is 0 Å². The Bertz CT molecular complexity index is 546. The highest BCUT2D eigenvalue weighted by molar-refractivity contribution is 6.30. The predicted octanol–water partition coefficient (Wildman–Crippen LogP) is 5.27. The first-order chi connectivity index (χ1) is 9.78. The van der Waals surface area contributed by atoms with E-state index in [0.717, 1.165) is 41.5 Å². The number of hydrogen-bond donors (Lipinski definition) is 0. The molecule has 0 atom stereocenters. The SMILES string of the molecule is CCCCOc1ccc(C=Nc2ccc(Cl)cc2)cc1. The molecule has 0 spiro atoms. The number of unbranched alkanes of at least 4 members (excludes halogenated alkanes) is 1. The lowest BCUT2D eigenvalue weighted by Crippen LogP contribution is -1.96. The topological polar surface area (TPSA) is 21.6 Å². The lowest BCUT2D eigenvalue weighted by molar-refractivity contribution is 0.309. The fraction of sp³-hybridized carbons (Fsp3) is 0.235. The normalized spacial score (nSPS) is 10.9. The molecule has 0 bridgehead atoms. The fourth-order valence-corrected chi connectivity index (χ4v) is 1.79. The molecule has 0 heterocycles. The zero-order valence-electron chi connectivity index (χ0n) is 11.6. The van der Waals surface area contributed by atoms with E-state index in [1.807, 2.05) is 54.7 Å². The van der Waals surface area contributed by atoms with Gasteiger partial charge in [0.25, 0.3) is 0 Å². The highest BCUT2D eigenvalue weighted by Gasteiger charge is 1.94. The van der Waals surface area contributed by atoms with Gasteiger partial charge in [-0.2, -0.15) is 0 Å². The molecule has 2 nitrogen and oxygen atoms in total. The molecular weight excluding hydrogens is 270 g/mol. The van der Waals surface area contributed by atoms with Gasteiger partial charge in [-0.3, -0.25) is 4.99 Å². The quantitative estimate of drug-likeness (QED) is 0.524. The number of rotatable bonds is 6. The van der Waals surface area contributed by atoms with Gasteiger partial charge in [0.05, 0.1) is 12.3 Å². The van der Waals surface area contributed by atoms with Crippen LogP contribution in [0.2, 0.25) is 5.02 Å². The second-order valence-electron chi connectivity index (χ2n) is 4.51. The van der Waals surface area contributed by atoms with E-state index >= 15 is 0 Å². The number of halogens is 1. The summed E-state index contributed by atoms with van der Waals surface area (Å²) in [4.78, 5) is 4.40. The van der Waals surface area contributed by atoms with Crippen LogP contribution in [-0.4, -0.2) is 12.8 Å². The van der Waals surface area contributed by atoms with Crippen molar-refractivity contribution in [2.75, 3.05) is 6.61 Å². The first kappa shape index (κ1) is 14.6. The largest absolute Gasteiger partial charge is 0.494 e. The van der Waals surface area contributed by atoms with Crippen LogP contribution in [0.3, 0.4) is 0 Å². The van der Waals surface area contributed by atoms with E-state index in [2.05, 4.69) is 11.9 Å². The van der Waals surface area contributed by atoms with Gasteiger partial charge >= 0.3 is 0 Å². The minimum absolute atomic E-state index is 0.720. The Balaban J connectivity index is 1.94. The third-order valence-electron chi connectivity index (χ3n) is 2.84. The zero-order chi connectivity index (χ0) is 14.2. The predicted molar refractivity (Wildman–Crippen MR) is 85.6 cm³/mol. The number of ether oxygens (including phenoxy) is 1. The summed E-state index contributed by atoms with van der Waals surface area (Å²) in [5.41, 5.74) is 1.93. The molecule has 104 valence electrons. The van der Waals surface area contributed by atoms with Crippen LogP contribution in [0.5, 0.6) is 5.75 Å². The van der Waals surface area contributed by atoms with Crippen molar-refractivity contribution in [2.45, 2.75) is 19.8 Å². The Labute approximate surface area is 125 Å². The standard InChI is InChI=1S/C17H18ClNO/c1-2-3-12-20-17-10-4-14(5-11-17)13-19-16-8-6-15(18)7-9-16/h4-11,13H,2-3,12H2,1H3. The van der Waals surface area contributed by atoms with E-state index in [1.165, 1.54) is 0 Å².